The Kier molecular flexibility index (Phi) is 3.92. The number of anilines is 1. The van der Waals surface area contributed by atoms with Gasteiger partial charge < -0.3 is 19.8 Å². The van der Waals surface area contributed by atoms with Gasteiger partial charge >= 0.3 is 0 Å². The number of ether oxygens (including phenoxy) is 2. The van der Waals surface area contributed by atoms with Crippen LogP contribution in [-0.4, -0.2) is 54.9 Å². The van der Waals surface area contributed by atoms with Gasteiger partial charge in [0.15, 0.2) is 5.65 Å². The van der Waals surface area contributed by atoms with Crippen LogP contribution in [0.3, 0.4) is 0 Å². The summed E-state index contributed by atoms with van der Waals surface area (Å²) in [5.74, 6) is 1.14. The number of hydrogen-bond acceptors (Lipinski definition) is 7. The number of aromatic nitrogens is 6. The molecule has 0 amide bonds. The number of aromatic amines is 1. The van der Waals surface area contributed by atoms with Gasteiger partial charge in [0.1, 0.15) is 12.0 Å². The van der Waals surface area contributed by atoms with E-state index in [1.54, 1.807) is 18.0 Å². The number of nitrogens with one attached hydrogen (secondary N) is 2. The van der Waals surface area contributed by atoms with E-state index in [1.165, 1.54) is 6.42 Å². The summed E-state index contributed by atoms with van der Waals surface area (Å²) in [6, 6.07) is 4.30. The van der Waals surface area contributed by atoms with E-state index in [0.29, 0.717) is 17.9 Å². The average Bonchev–Trinajstić information content (AvgIpc) is 3.39. The predicted octanol–water partition coefficient (Wildman–Crippen LogP) is 3.19. The van der Waals surface area contributed by atoms with Crippen molar-refractivity contribution in [2.45, 2.75) is 43.7 Å². The summed E-state index contributed by atoms with van der Waals surface area (Å²) in [7, 11) is 1.64. The number of rotatable bonds is 4. The second-order valence-corrected chi connectivity index (χ2v) is 8.16. The van der Waals surface area contributed by atoms with Crippen LogP contribution in [0.15, 0.2) is 30.9 Å². The molecule has 2 N–H and O–H groups in total. The van der Waals surface area contributed by atoms with E-state index in [9.17, 15) is 0 Å². The van der Waals surface area contributed by atoms with Crippen LogP contribution in [0, 0.1) is 0 Å². The largest absolute Gasteiger partial charge is 0.480 e. The van der Waals surface area contributed by atoms with Gasteiger partial charge in [-0.1, -0.05) is 0 Å². The van der Waals surface area contributed by atoms with Crippen LogP contribution < -0.4 is 10.1 Å². The normalized spacial score (nSPS) is 23.7. The Morgan fingerprint density at radius 3 is 2.87 bits per heavy atom. The first kappa shape index (κ1) is 17.6. The Hall–Kier alpha value is -3.20. The van der Waals surface area contributed by atoms with Crippen LogP contribution in [-0.2, 0) is 4.74 Å². The fraction of sp³-hybridized carbons (Fsp3) is 0.429. The van der Waals surface area contributed by atoms with Crippen molar-refractivity contribution in [3.8, 4) is 17.0 Å². The Morgan fingerprint density at radius 2 is 2.10 bits per heavy atom. The van der Waals surface area contributed by atoms with Crippen LogP contribution in [0.25, 0.3) is 27.8 Å². The molecule has 0 aromatic carbocycles. The zero-order chi connectivity index (χ0) is 20.1. The SMILES string of the molecule is COc1nc(N[C@H]2CC[C@@]3(CCO3)CC2)nc2[nH]cc(-c3ccc4ncnn4c3)c12. The van der Waals surface area contributed by atoms with Crippen molar-refractivity contribution in [1.82, 2.24) is 29.5 Å². The van der Waals surface area contributed by atoms with Crippen LogP contribution in [0.1, 0.15) is 32.1 Å². The van der Waals surface area contributed by atoms with Gasteiger partial charge in [-0.05, 0) is 44.2 Å². The van der Waals surface area contributed by atoms with Gasteiger partial charge in [0, 0.05) is 29.6 Å². The average molecular weight is 405 g/mol. The molecule has 2 fully saturated rings. The van der Waals surface area contributed by atoms with Gasteiger partial charge in [-0.25, -0.2) is 9.50 Å². The molecule has 4 aromatic rings. The van der Waals surface area contributed by atoms with E-state index in [1.807, 2.05) is 24.5 Å². The molecule has 1 aliphatic carbocycles. The third kappa shape index (κ3) is 2.80. The maximum absolute atomic E-state index is 5.82. The number of fused-ring (bicyclic) bond motifs is 2. The van der Waals surface area contributed by atoms with Crippen molar-refractivity contribution in [1.29, 1.82) is 0 Å². The summed E-state index contributed by atoms with van der Waals surface area (Å²) in [6.45, 7) is 0.911. The molecule has 1 aliphatic heterocycles. The zero-order valence-corrected chi connectivity index (χ0v) is 16.8. The quantitative estimate of drug-likeness (QED) is 0.537. The van der Waals surface area contributed by atoms with Gasteiger partial charge in [-0.2, -0.15) is 15.1 Å². The topological polar surface area (TPSA) is 102 Å². The van der Waals surface area contributed by atoms with Crippen molar-refractivity contribution in [2.24, 2.45) is 0 Å². The lowest BCUT2D eigenvalue weighted by atomic mass is 9.77. The van der Waals surface area contributed by atoms with Crippen LogP contribution >= 0.6 is 0 Å². The van der Waals surface area contributed by atoms with E-state index >= 15 is 0 Å². The molecule has 4 aromatic heterocycles. The van der Waals surface area contributed by atoms with Gasteiger partial charge in [0.25, 0.3) is 0 Å². The van der Waals surface area contributed by atoms with Gasteiger partial charge in [0.05, 0.1) is 24.7 Å². The van der Waals surface area contributed by atoms with Gasteiger partial charge in [-0.3, -0.25) is 0 Å². The lowest BCUT2D eigenvalue weighted by Gasteiger charge is -2.46. The van der Waals surface area contributed by atoms with E-state index in [0.717, 1.165) is 60.1 Å². The molecule has 1 saturated heterocycles. The molecule has 0 radical (unpaired) electrons. The first-order valence-electron chi connectivity index (χ1n) is 10.4. The lowest BCUT2D eigenvalue weighted by Crippen LogP contribution is -2.48. The summed E-state index contributed by atoms with van der Waals surface area (Å²) < 4.78 is 13.2. The predicted molar refractivity (Wildman–Crippen MR) is 112 cm³/mol. The molecule has 9 heteroatoms. The molecule has 1 spiro atoms. The Labute approximate surface area is 172 Å². The lowest BCUT2D eigenvalue weighted by molar-refractivity contribution is -0.165. The maximum Gasteiger partial charge on any atom is 0.228 e. The molecule has 2 aliphatic rings. The van der Waals surface area contributed by atoms with Gasteiger partial charge in [0.2, 0.25) is 11.8 Å². The first-order valence-corrected chi connectivity index (χ1v) is 10.4. The Morgan fingerprint density at radius 1 is 1.23 bits per heavy atom. The molecule has 0 unspecified atom stereocenters. The molecular formula is C21H23N7O2. The van der Waals surface area contributed by atoms with Crippen molar-refractivity contribution >= 4 is 22.6 Å². The van der Waals surface area contributed by atoms with Crippen LogP contribution in [0.5, 0.6) is 5.88 Å². The smallest absolute Gasteiger partial charge is 0.228 e. The van der Waals surface area contributed by atoms with Crippen LogP contribution in [0.2, 0.25) is 0 Å². The van der Waals surface area contributed by atoms with E-state index in [4.69, 9.17) is 14.5 Å². The maximum atomic E-state index is 5.82. The highest BCUT2D eigenvalue weighted by Crippen LogP contribution is 2.41. The molecule has 0 bridgehead atoms. The molecule has 30 heavy (non-hydrogen) atoms. The Bertz CT molecular complexity index is 1220. The molecule has 9 nitrogen and oxygen atoms in total. The number of pyridine rings is 1. The summed E-state index contributed by atoms with van der Waals surface area (Å²) in [5, 5.41) is 8.58. The number of hydrogen-bond donors (Lipinski definition) is 2. The second-order valence-electron chi connectivity index (χ2n) is 8.16. The standard InChI is InChI=1S/C21H23N7O2/c1-29-19-17-15(13-2-3-16-23-12-24-28(16)11-13)10-22-18(17)26-20(27-19)25-14-4-6-21(7-5-14)8-9-30-21/h2-3,10-12,14H,4-9H2,1H3,(H2,22,25,26,27)/t14-,21-. The van der Waals surface area contributed by atoms with Gasteiger partial charge in [-0.15, -0.1) is 0 Å². The summed E-state index contributed by atoms with van der Waals surface area (Å²) >= 11 is 0. The second kappa shape index (κ2) is 6.66. The molecule has 154 valence electrons. The summed E-state index contributed by atoms with van der Waals surface area (Å²) in [4.78, 5) is 16.9. The highest BCUT2D eigenvalue weighted by atomic mass is 16.5. The molecule has 0 atom stereocenters. The minimum atomic E-state index is 0.153. The third-order valence-electron chi connectivity index (χ3n) is 6.47. The third-order valence-corrected chi connectivity index (χ3v) is 6.47. The fourth-order valence-electron chi connectivity index (χ4n) is 4.67. The number of nitrogens with zero attached hydrogens (tertiary/aromatic N) is 5. The van der Waals surface area contributed by atoms with Crippen molar-refractivity contribution in [3.05, 3.63) is 30.9 Å². The van der Waals surface area contributed by atoms with E-state index in [-0.39, 0.29) is 5.60 Å². The first-order chi connectivity index (χ1) is 14.7. The molecular weight excluding hydrogens is 382 g/mol. The molecule has 5 heterocycles. The highest BCUT2D eigenvalue weighted by Gasteiger charge is 2.41. The van der Waals surface area contributed by atoms with Crippen molar-refractivity contribution < 1.29 is 9.47 Å². The summed E-state index contributed by atoms with van der Waals surface area (Å²) in [5.41, 5.74) is 3.65. The highest BCUT2D eigenvalue weighted by molar-refractivity contribution is 5.97. The fourth-order valence-corrected chi connectivity index (χ4v) is 4.67. The number of H-pyrrole nitrogens is 1. The monoisotopic (exact) mass is 405 g/mol. The van der Waals surface area contributed by atoms with Crippen molar-refractivity contribution in [3.63, 3.8) is 0 Å². The zero-order valence-electron chi connectivity index (χ0n) is 16.8. The molecule has 6 rings (SSSR count). The van der Waals surface area contributed by atoms with E-state index < -0.39 is 0 Å². The summed E-state index contributed by atoms with van der Waals surface area (Å²) in [6.07, 6.45) is 10.9. The van der Waals surface area contributed by atoms with Crippen molar-refractivity contribution in [2.75, 3.05) is 19.0 Å². The Balaban J connectivity index is 1.31. The number of methoxy groups -OCH3 is 1. The minimum absolute atomic E-state index is 0.153. The molecule has 1 saturated carbocycles. The minimum Gasteiger partial charge on any atom is -0.480 e. The van der Waals surface area contributed by atoms with E-state index in [2.05, 4.69) is 25.4 Å². The van der Waals surface area contributed by atoms with Crippen LogP contribution in [0.4, 0.5) is 5.95 Å².